The molecule has 1 saturated heterocycles. The van der Waals surface area contributed by atoms with Gasteiger partial charge in [0, 0.05) is 50.2 Å². The van der Waals surface area contributed by atoms with Gasteiger partial charge in [-0.1, -0.05) is 80.9 Å². The minimum Gasteiger partial charge on any atom is -0.480 e. The molecule has 1 heterocycles. The van der Waals surface area contributed by atoms with E-state index in [4.69, 9.17) is 17.2 Å². The summed E-state index contributed by atoms with van der Waals surface area (Å²) in [6, 6.07) is 17.5. The van der Waals surface area contributed by atoms with Crippen LogP contribution < -0.4 is 22.5 Å². The number of Topliss-reactive ketones (excluding diaryl/α,β-unsaturated/α-hetero) is 2. The van der Waals surface area contributed by atoms with Gasteiger partial charge >= 0.3 is 5.97 Å². The first-order valence-corrected chi connectivity index (χ1v) is 17.5. The van der Waals surface area contributed by atoms with E-state index in [2.05, 4.69) is 5.32 Å². The predicted octanol–water partition coefficient (Wildman–Crippen LogP) is 3.53. The molecule has 1 fully saturated rings. The molecule has 0 spiro atoms. The molecule has 2 amide bonds. The Kier molecular flexibility index (Phi) is 15.6. The predicted molar refractivity (Wildman–Crippen MR) is 189 cm³/mol. The number of benzene rings is 2. The van der Waals surface area contributed by atoms with E-state index >= 15 is 0 Å². The molecule has 49 heavy (non-hydrogen) atoms. The summed E-state index contributed by atoms with van der Waals surface area (Å²) < 4.78 is 0. The van der Waals surface area contributed by atoms with Crippen molar-refractivity contribution in [1.29, 1.82) is 0 Å². The first-order chi connectivity index (χ1) is 23.3. The summed E-state index contributed by atoms with van der Waals surface area (Å²) in [6.45, 7) is 4.76. The van der Waals surface area contributed by atoms with Crippen molar-refractivity contribution < 1.29 is 29.1 Å². The number of carbonyl (C=O) groups excluding carboxylic acids is 4. The third-order valence-corrected chi connectivity index (χ3v) is 9.45. The van der Waals surface area contributed by atoms with Gasteiger partial charge in [-0.2, -0.15) is 0 Å². The number of hydrogen-bond donors (Lipinski definition) is 5. The Balaban J connectivity index is 1.76. The Labute approximate surface area is 290 Å². The Morgan fingerprint density at radius 1 is 0.878 bits per heavy atom. The highest BCUT2D eigenvalue weighted by molar-refractivity contribution is 5.94. The number of nitrogens with zero attached hydrogens (tertiary/aromatic N) is 1. The molecule has 0 radical (unpaired) electrons. The average Bonchev–Trinajstić information content (AvgIpc) is 3.07. The van der Waals surface area contributed by atoms with E-state index in [1.807, 2.05) is 74.5 Å². The summed E-state index contributed by atoms with van der Waals surface area (Å²) in [7, 11) is 0. The molecule has 0 aliphatic carbocycles. The first-order valence-electron chi connectivity index (χ1n) is 17.5. The van der Waals surface area contributed by atoms with Gasteiger partial charge in [-0.05, 0) is 62.1 Å². The van der Waals surface area contributed by atoms with E-state index in [1.54, 1.807) is 4.90 Å². The molecular weight excluding hydrogens is 622 g/mol. The highest BCUT2D eigenvalue weighted by Gasteiger charge is 2.40. The maximum atomic E-state index is 14.0. The molecule has 0 unspecified atom stereocenters. The standard InChI is InChI=1S/C38H55N5O6/c1-26(2)21-33(34(45)24-29(15-9-10-18-39)36(47)43-19-16-38(41,17-20-43)37(48)49)42-35(46)30(22-27-11-5-3-6-12-27)23-31(44)25-32(40)28-13-7-4-8-14-28/h3-8,11-14,26,29-30,32-33H,9-10,15-25,39-41H2,1-2H3,(H,42,46)(H,48,49)/t29-,30-,32-,33+/m0/s1. The topological polar surface area (TPSA) is 199 Å². The molecule has 2 aromatic rings. The summed E-state index contributed by atoms with van der Waals surface area (Å²) in [5.41, 5.74) is 18.4. The molecular formula is C38H55N5O6. The van der Waals surface area contributed by atoms with Crippen LogP contribution in [0.4, 0.5) is 0 Å². The van der Waals surface area contributed by atoms with Gasteiger partial charge in [0.05, 0.1) is 6.04 Å². The lowest BCUT2D eigenvalue weighted by molar-refractivity contribution is -0.149. The van der Waals surface area contributed by atoms with Crippen molar-refractivity contribution in [2.75, 3.05) is 19.6 Å². The Morgan fingerprint density at radius 2 is 1.49 bits per heavy atom. The zero-order valence-corrected chi connectivity index (χ0v) is 29.0. The van der Waals surface area contributed by atoms with Crippen LogP contribution in [-0.4, -0.2) is 70.6 Å². The third-order valence-electron chi connectivity index (χ3n) is 9.45. The monoisotopic (exact) mass is 677 g/mol. The van der Waals surface area contributed by atoms with Gasteiger partial charge in [0.15, 0.2) is 5.78 Å². The SMILES string of the molecule is CC(C)C[C@@H](NC(=O)[C@H](CC(=O)C[C@H](N)c1ccccc1)Cc1ccccc1)C(=O)C[C@H](CCCCN)C(=O)N1CCC(N)(C(=O)O)CC1. The van der Waals surface area contributed by atoms with Gasteiger partial charge in [0.2, 0.25) is 11.8 Å². The Hall–Kier alpha value is -3.93. The molecule has 268 valence electrons. The van der Waals surface area contributed by atoms with Crippen LogP contribution in [0.25, 0.3) is 0 Å². The molecule has 0 bridgehead atoms. The van der Waals surface area contributed by atoms with Crippen LogP contribution in [0, 0.1) is 17.8 Å². The zero-order valence-electron chi connectivity index (χ0n) is 29.0. The van der Waals surface area contributed by atoms with Gasteiger partial charge in [-0.15, -0.1) is 0 Å². The summed E-state index contributed by atoms with van der Waals surface area (Å²) >= 11 is 0. The van der Waals surface area contributed by atoms with Gasteiger partial charge < -0.3 is 32.5 Å². The Bertz CT molecular complexity index is 1380. The second-order valence-corrected chi connectivity index (χ2v) is 14.0. The fourth-order valence-corrected chi connectivity index (χ4v) is 6.44. The van der Waals surface area contributed by atoms with Crippen molar-refractivity contribution in [1.82, 2.24) is 10.2 Å². The molecule has 2 aromatic carbocycles. The normalized spacial score (nSPS) is 16.7. The lowest BCUT2D eigenvalue weighted by atomic mass is 9.86. The van der Waals surface area contributed by atoms with Crippen LogP contribution in [0.3, 0.4) is 0 Å². The van der Waals surface area contributed by atoms with Crippen molar-refractivity contribution in [3.63, 3.8) is 0 Å². The maximum Gasteiger partial charge on any atom is 0.323 e. The molecule has 0 aromatic heterocycles. The van der Waals surface area contributed by atoms with E-state index in [-0.39, 0.29) is 74.5 Å². The molecule has 0 saturated carbocycles. The number of unbranched alkanes of at least 4 members (excludes halogenated alkanes) is 1. The van der Waals surface area contributed by atoms with Crippen molar-refractivity contribution in [3.05, 3.63) is 71.8 Å². The molecule has 11 nitrogen and oxygen atoms in total. The van der Waals surface area contributed by atoms with Crippen LogP contribution in [0.5, 0.6) is 0 Å². The van der Waals surface area contributed by atoms with Crippen molar-refractivity contribution in [2.24, 2.45) is 35.0 Å². The highest BCUT2D eigenvalue weighted by Crippen LogP contribution is 2.26. The number of nitrogens with one attached hydrogen (secondary N) is 1. The number of nitrogens with two attached hydrogens (primary N) is 3. The summed E-state index contributed by atoms with van der Waals surface area (Å²) in [6.07, 6.45) is 2.71. The number of aliphatic carboxylic acids is 1. The number of carbonyl (C=O) groups is 5. The van der Waals surface area contributed by atoms with E-state index < -0.39 is 35.4 Å². The number of carboxylic acid groups (broad SMARTS) is 1. The van der Waals surface area contributed by atoms with Crippen LogP contribution in [0.15, 0.2) is 60.7 Å². The molecule has 4 atom stereocenters. The minimum atomic E-state index is -1.38. The second-order valence-electron chi connectivity index (χ2n) is 14.0. The molecule has 8 N–H and O–H groups in total. The van der Waals surface area contributed by atoms with Gasteiger partial charge in [-0.3, -0.25) is 24.0 Å². The van der Waals surface area contributed by atoms with Gasteiger partial charge in [0.25, 0.3) is 0 Å². The molecule has 1 aliphatic heterocycles. The Morgan fingerprint density at radius 3 is 2.06 bits per heavy atom. The number of piperidine rings is 1. The largest absolute Gasteiger partial charge is 0.480 e. The number of rotatable bonds is 20. The molecule has 3 rings (SSSR count). The third kappa shape index (κ3) is 12.5. The first kappa shape index (κ1) is 39.5. The quantitative estimate of drug-likeness (QED) is 0.130. The lowest BCUT2D eigenvalue weighted by Crippen LogP contribution is -2.57. The highest BCUT2D eigenvalue weighted by atomic mass is 16.4. The van der Waals surface area contributed by atoms with Gasteiger partial charge in [0.1, 0.15) is 11.3 Å². The number of likely N-dealkylation sites (tertiary alicyclic amines) is 1. The van der Waals surface area contributed by atoms with E-state index in [0.29, 0.717) is 38.6 Å². The van der Waals surface area contributed by atoms with E-state index in [0.717, 1.165) is 11.1 Å². The minimum absolute atomic E-state index is 0.0298. The zero-order chi connectivity index (χ0) is 36.0. The van der Waals surface area contributed by atoms with Crippen molar-refractivity contribution >= 4 is 29.4 Å². The number of hydrogen-bond acceptors (Lipinski definition) is 8. The number of amides is 2. The van der Waals surface area contributed by atoms with Crippen molar-refractivity contribution in [2.45, 2.75) is 95.7 Å². The van der Waals surface area contributed by atoms with Crippen LogP contribution in [0.2, 0.25) is 0 Å². The van der Waals surface area contributed by atoms with Gasteiger partial charge in [-0.25, -0.2) is 0 Å². The fourth-order valence-electron chi connectivity index (χ4n) is 6.44. The van der Waals surface area contributed by atoms with Crippen molar-refractivity contribution in [3.8, 4) is 0 Å². The summed E-state index contributed by atoms with van der Waals surface area (Å²) in [5, 5.41) is 12.5. The van der Waals surface area contributed by atoms with E-state index in [1.165, 1.54) is 0 Å². The fraction of sp³-hybridized carbons (Fsp3) is 0.553. The average molecular weight is 678 g/mol. The number of carboxylic acids is 1. The summed E-state index contributed by atoms with van der Waals surface area (Å²) in [4.78, 5) is 68.1. The smallest absolute Gasteiger partial charge is 0.323 e. The van der Waals surface area contributed by atoms with Crippen LogP contribution in [0.1, 0.15) is 88.8 Å². The summed E-state index contributed by atoms with van der Waals surface area (Å²) in [5.74, 6) is -3.38. The molecule has 11 heteroatoms. The molecule has 1 aliphatic rings. The van der Waals surface area contributed by atoms with E-state index in [9.17, 15) is 29.1 Å². The lowest BCUT2D eigenvalue weighted by Gasteiger charge is -2.38. The maximum absolute atomic E-state index is 14.0. The number of ketones is 2. The van der Waals surface area contributed by atoms with Crippen LogP contribution >= 0.6 is 0 Å². The second kappa shape index (κ2) is 19.3. The van der Waals surface area contributed by atoms with Crippen LogP contribution in [-0.2, 0) is 30.4 Å².